The van der Waals surface area contributed by atoms with E-state index in [4.69, 9.17) is 0 Å². The molecule has 3 aliphatic rings. The van der Waals surface area contributed by atoms with Crippen molar-refractivity contribution in [3.63, 3.8) is 0 Å². The Hall–Kier alpha value is 0.620. The average Bonchev–Trinajstić information content (AvgIpc) is 2.83. The highest BCUT2D eigenvalue weighted by atomic mass is 32.2. The number of thioether (sulfide) groups is 2. The molecule has 2 nitrogen and oxygen atoms in total. The molecule has 0 atom stereocenters. The first-order valence-electron chi connectivity index (χ1n) is 8.53. The Labute approximate surface area is 133 Å². The molecule has 0 amide bonds. The Kier molecular flexibility index (Phi) is 6.01. The third-order valence-electron chi connectivity index (χ3n) is 5.29. The van der Waals surface area contributed by atoms with Crippen molar-refractivity contribution in [3.8, 4) is 0 Å². The van der Waals surface area contributed by atoms with Gasteiger partial charge in [-0.2, -0.15) is 23.5 Å². The molecule has 0 aromatic rings. The maximum absolute atomic E-state index is 3.96. The van der Waals surface area contributed by atoms with Gasteiger partial charge in [-0.25, -0.2) is 0 Å². The molecule has 0 bridgehead atoms. The van der Waals surface area contributed by atoms with Crippen LogP contribution in [0.3, 0.4) is 0 Å². The minimum atomic E-state index is 0.516. The van der Waals surface area contributed by atoms with Gasteiger partial charge in [0.2, 0.25) is 0 Å². The second-order valence-corrected chi connectivity index (χ2v) is 9.01. The molecule has 116 valence electrons. The molecular weight excluding hydrogens is 284 g/mol. The fourth-order valence-electron chi connectivity index (χ4n) is 4.08. The van der Waals surface area contributed by atoms with E-state index in [1.54, 1.807) is 0 Å². The van der Waals surface area contributed by atoms with Crippen molar-refractivity contribution in [1.29, 1.82) is 0 Å². The number of nitrogens with one attached hydrogen (secondary N) is 1. The van der Waals surface area contributed by atoms with Crippen LogP contribution >= 0.6 is 23.5 Å². The molecule has 0 aromatic heterocycles. The van der Waals surface area contributed by atoms with Crippen LogP contribution in [0, 0.1) is 0 Å². The first-order valence-corrected chi connectivity index (χ1v) is 10.8. The summed E-state index contributed by atoms with van der Waals surface area (Å²) in [6.07, 6.45) is 10.1. The van der Waals surface area contributed by atoms with E-state index in [1.807, 2.05) is 0 Å². The van der Waals surface area contributed by atoms with Gasteiger partial charge in [0, 0.05) is 41.1 Å². The Morgan fingerprint density at radius 1 is 0.900 bits per heavy atom. The Bertz CT molecular complexity index is 278. The molecule has 2 heterocycles. The number of rotatable bonds is 4. The summed E-state index contributed by atoms with van der Waals surface area (Å²) in [6.45, 7) is 3.96. The van der Waals surface area contributed by atoms with Gasteiger partial charge in [0.25, 0.3) is 0 Å². The van der Waals surface area contributed by atoms with Crippen LogP contribution < -0.4 is 5.32 Å². The lowest BCUT2D eigenvalue weighted by Crippen LogP contribution is -2.56. The maximum atomic E-state index is 3.96. The molecule has 0 aromatic carbocycles. The SMILES string of the molecule is C1CCN(C2(CNC3CSCCSC3)CCCC2)CC1. The zero-order valence-corrected chi connectivity index (χ0v) is 14.4. The van der Waals surface area contributed by atoms with Crippen LogP contribution in [0.2, 0.25) is 0 Å². The molecule has 3 rings (SSSR count). The van der Waals surface area contributed by atoms with Gasteiger partial charge in [-0.05, 0) is 38.8 Å². The molecular formula is C16H30N2S2. The second-order valence-electron chi connectivity index (χ2n) is 6.71. The minimum absolute atomic E-state index is 0.516. The molecule has 1 saturated carbocycles. The normalized spacial score (nSPS) is 29.4. The zero-order chi connectivity index (χ0) is 13.7. The maximum Gasteiger partial charge on any atom is 0.0334 e. The molecule has 2 aliphatic heterocycles. The summed E-state index contributed by atoms with van der Waals surface area (Å²) in [5.41, 5.74) is 0.516. The Morgan fingerprint density at radius 2 is 1.55 bits per heavy atom. The van der Waals surface area contributed by atoms with Crippen LogP contribution in [0.15, 0.2) is 0 Å². The summed E-state index contributed by atoms with van der Waals surface area (Å²) >= 11 is 4.29. The van der Waals surface area contributed by atoms with Gasteiger partial charge in [-0.1, -0.05) is 19.3 Å². The van der Waals surface area contributed by atoms with Crippen molar-refractivity contribution in [3.05, 3.63) is 0 Å². The van der Waals surface area contributed by atoms with Gasteiger partial charge in [0.1, 0.15) is 0 Å². The number of nitrogens with zero attached hydrogens (tertiary/aromatic N) is 1. The number of hydrogen-bond acceptors (Lipinski definition) is 4. The molecule has 0 spiro atoms. The summed E-state index contributed by atoms with van der Waals surface area (Å²) in [5.74, 6) is 5.34. The average molecular weight is 315 g/mol. The summed E-state index contributed by atoms with van der Waals surface area (Å²) in [7, 11) is 0. The fraction of sp³-hybridized carbons (Fsp3) is 1.00. The van der Waals surface area contributed by atoms with Crippen molar-refractivity contribution < 1.29 is 0 Å². The summed E-state index contributed by atoms with van der Waals surface area (Å²) < 4.78 is 0. The molecule has 1 aliphatic carbocycles. The largest absolute Gasteiger partial charge is 0.310 e. The van der Waals surface area contributed by atoms with Gasteiger partial charge < -0.3 is 5.32 Å². The van der Waals surface area contributed by atoms with Gasteiger partial charge in [-0.15, -0.1) is 0 Å². The third kappa shape index (κ3) is 3.88. The van der Waals surface area contributed by atoms with Crippen molar-refractivity contribution in [2.75, 3.05) is 42.6 Å². The predicted octanol–water partition coefficient (Wildman–Crippen LogP) is 3.22. The molecule has 2 saturated heterocycles. The van der Waals surface area contributed by atoms with Crippen LogP contribution in [0.5, 0.6) is 0 Å². The van der Waals surface area contributed by atoms with Crippen LogP contribution in [-0.2, 0) is 0 Å². The molecule has 4 heteroatoms. The molecule has 0 radical (unpaired) electrons. The minimum Gasteiger partial charge on any atom is -0.310 e. The van der Waals surface area contributed by atoms with Gasteiger partial charge in [0.05, 0.1) is 0 Å². The van der Waals surface area contributed by atoms with E-state index in [2.05, 4.69) is 33.7 Å². The summed E-state index contributed by atoms with van der Waals surface area (Å²) in [4.78, 5) is 2.85. The van der Waals surface area contributed by atoms with E-state index < -0.39 is 0 Å². The zero-order valence-electron chi connectivity index (χ0n) is 12.7. The van der Waals surface area contributed by atoms with E-state index in [1.165, 1.54) is 87.6 Å². The number of hydrogen-bond donors (Lipinski definition) is 1. The summed E-state index contributed by atoms with van der Waals surface area (Å²) in [5, 5.41) is 3.96. The monoisotopic (exact) mass is 314 g/mol. The lowest BCUT2D eigenvalue weighted by Gasteiger charge is -2.44. The van der Waals surface area contributed by atoms with Gasteiger partial charge in [-0.3, -0.25) is 4.90 Å². The first-order chi connectivity index (χ1) is 9.89. The molecule has 3 fully saturated rings. The molecule has 20 heavy (non-hydrogen) atoms. The Balaban J connectivity index is 1.56. The second kappa shape index (κ2) is 7.75. The Morgan fingerprint density at radius 3 is 2.20 bits per heavy atom. The van der Waals surface area contributed by atoms with Crippen LogP contribution in [0.25, 0.3) is 0 Å². The highest BCUT2D eigenvalue weighted by molar-refractivity contribution is 8.03. The third-order valence-corrected chi connectivity index (χ3v) is 7.81. The van der Waals surface area contributed by atoms with Crippen molar-refractivity contribution >= 4 is 23.5 Å². The van der Waals surface area contributed by atoms with Crippen LogP contribution in [0.1, 0.15) is 44.9 Å². The van der Waals surface area contributed by atoms with Crippen LogP contribution in [-0.4, -0.2) is 59.1 Å². The van der Waals surface area contributed by atoms with Gasteiger partial charge in [0.15, 0.2) is 0 Å². The van der Waals surface area contributed by atoms with Crippen molar-refractivity contribution in [2.45, 2.75) is 56.5 Å². The quantitative estimate of drug-likeness (QED) is 0.856. The standard InChI is InChI=1S/C16H30N2S2/c1-4-8-18(9-5-1)16(6-2-3-7-16)14-17-15-12-19-10-11-20-13-15/h15,17H,1-14H2. The van der Waals surface area contributed by atoms with E-state index in [0.717, 1.165) is 6.04 Å². The topological polar surface area (TPSA) is 15.3 Å². The van der Waals surface area contributed by atoms with Crippen molar-refractivity contribution in [2.24, 2.45) is 0 Å². The number of piperidine rings is 1. The van der Waals surface area contributed by atoms with Crippen LogP contribution in [0.4, 0.5) is 0 Å². The smallest absolute Gasteiger partial charge is 0.0334 e. The van der Waals surface area contributed by atoms with E-state index in [9.17, 15) is 0 Å². The molecule has 0 unspecified atom stereocenters. The number of likely N-dealkylation sites (tertiary alicyclic amines) is 1. The lowest BCUT2D eigenvalue weighted by atomic mass is 9.92. The van der Waals surface area contributed by atoms with Gasteiger partial charge >= 0.3 is 0 Å². The fourth-order valence-corrected chi connectivity index (χ4v) is 6.54. The van der Waals surface area contributed by atoms with E-state index in [-0.39, 0.29) is 0 Å². The van der Waals surface area contributed by atoms with E-state index >= 15 is 0 Å². The summed E-state index contributed by atoms with van der Waals surface area (Å²) in [6, 6.07) is 0.745. The van der Waals surface area contributed by atoms with E-state index in [0.29, 0.717) is 5.54 Å². The predicted molar refractivity (Wildman–Crippen MR) is 93.1 cm³/mol. The first kappa shape index (κ1) is 15.5. The molecule has 1 N–H and O–H groups in total. The highest BCUT2D eigenvalue weighted by Gasteiger charge is 2.39. The van der Waals surface area contributed by atoms with Crippen molar-refractivity contribution in [1.82, 2.24) is 10.2 Å². The highest BCUT2D eigenvalue weighted by Crippen LogP contribution is 2.36. The lowest BCUT2D eigenvalue weighted by molar-refractivity contribution is 0.0685.